The van der Waals surface area contributed by atoms with Gasteiger partial charge in [0.05, 0.1) is 7.11 Å². The van der Waals surface area contributed by atoms with Gasteiger partial charge < -0.3 is 15.2 Å². The molecule has 1 aromatic heterocycles. The number of benzene rings is 1. The molecule has 20 heavy (non-hydrogen) atoms. The zero-order valence-corrected chi connectivity index (χ0v) is 11.5. The molecule has 0 bridgehead atoms. The summed E-state index contributed by atoms with van der Waals surface area (Å²) in [5.41, 5.74) is 7.81. The van der Waals surface area contributed by atoms with E-state index in [0.29, 0.717) is 17.2 Å². The summed E-state index contributed by atoms with van der Waals surface area (Å²) in [5.74, 6) is 1.26. The molecule has 0 saturated carbocycles. The molecule has 0 fully saturated rings. The summed E-state index contributed by atoms with van der Waals surface area (Å²) in [7, 11) is 1.60. The lowest BCUT2D eigenvalue weighted by molar-refractivity contribution is 0.284. The van der Waals surface area contributed by atoms with E-state index in [1.807, 2.05) is 31.2 Å². The monoisotopic (exact) mass is 271 g/mol. The molecule has 104 valence electrons. The molecule has 0 radical (unpaired) electrons. The number of aryl methyl sites for hydroxylation is 1. The number of amidine groups is 1. The molecule has 0 aliphatic rings. The second-order valence-electron chi connectivity index (χ2n) is 4.37. The van der Waals surface area contributed by atoms with E-state index in [4.69, 9.17) is 20.6 Å². The quantitative estimate of drug-likeness (QED) is 0.645. The van der Waals surface area contributed by atoms with Crippen molar-refractivity contribution in [1.82, 2.24) is 4.98 Å². The number of ether oxygens (including phenoxy) is 2. The van der Waals surface area contributed by atoms with E-state index in [2.05, 4.69) is 4.98 Å². The van der Waals surface area contributed by atoms with Crippen LogP contribution in [0, 0.1) is 12.3 Å². The molecule has 2 aromatic rings. The second kappa shape index (κ2) is 6.06. The minimum absolute atomic E-state index is 0.0694. The fourth-order valence-electron chi connectivity index (χ4n) is 1.85. The van der Waals surface area contributed by atoms with Crippen LogP contribution in [0.2, 0.25) is 0 Å². The number of pyridine rings is 1. The highest BCUT2D eigenvalue weighted by Crippen LogP contribution is 2.28. The van der Waals surface area contributed by atoms with Crippen molar-refractivity contribution in [3.05, 3.63) is 53.3 Å². The van der Waals surface area contributed by atoms with Crippen LogP contribution >= 0.6 is 0 Å². The lowest BCUT2D eigenvalue weighted by atomic mass is 10.2. The van der Waals surface area contributed by atoms with Crippen molar-refractivity contribution >= 4 is 5.84 Å². The molecule has 0 aliphatic heterocycles. The summed E-state index contributed by atoms with van der Waals surface area (Å²) < 4.78 is 11.0. The van der Waals surface area contributed by atoms with Crippen LogP contribution < -0.4 is 15.2 Å². The Morgan fingerprint density at radius 1 is 1.30 bits per heavy atom. The third-order valence-corrected chi connectivity index (χ3v) is 2.85. The largest absolute Gasteiger partial charge is 0.493 e. The molecule has 0 atom stereocenters. The van der Waals surface area contributed by atoms with Crippen molar-refractivity contribution in [3.8, 4) is 11.5 Å². The number of nitrogens with one attached hydrogen (secondary N) is 1. The van der Waals surface area contributed by atoms with E-state index in [1.165, 1.54) is 0 Å². The Labute approximate surface area is 117 Å². The minimum atomic E-state index is -0.0694. The van der Waals surface area contributed by atoms with Crippen molar-refractivity contribution < 1.29 is 9.47 Å². The maximum atomic E-state index is 7.50. The molecule has 0 spiro atoms. The predicted molar refractivity (Wildman–Crippen MR) is 77.3 cm³/mol. The van der Waals surface area contributed by atoms with Crippen LogP contribution in [-0.4, -0.2) is 17.9 Å². The molecule has 0 amide bonds. The van der Waals surface area contributed by atoms with Crippen molar-refractivity contribution in [3.63, 3.8) is 0 Å². The second-order valence-corrected chi connectivity index (χ2v) is 4.37. The number of hydrogen-bond donors (Lipinski definition) is 2. The Balaban J connectivity index is 2.19. The highest BCUT2D eigenvalue weighted by molar-refractivity contribution is 5.94. The first-order chi connectivity index (χ1) is 9.61. The van der Waals surface area contributed by atoms with Crippen molar-refractivity contribution in [2.24, 2.45) is 5.73 Å². The molecule has 1 heterocycles. The maximum Gasteiger partial charge on any atom is 0.161 e. The first-order valence-electron chi connectivity index (χ1n) is 6.17. The van der Waals surface area contributed by atoms with Gasteiger partial charge >= 0.3 is 0 Å². The Hall–Kier alpha value is -2.56. The van der Waals surface area contributed by atoms with Gasteiger partial charge in [0.1, 0.15) is 18.1 Å². The van der Waals surface area contributed by atoms with Crippen molar-refractivity contribution in [2.45, 2.75) is 13.5 Å². The SMILES string of the molecule is COc1cc(C)ccc1OCc1cccnc1C(=N)N. The Morgan fingerprint density at radius 2 is 2.10 bits per heavy atom. The highest BCUT2D eigenvalue weighted by Gasteiger charge is 2.09. The van der Waals surface area contributed by atoms with Gasteiger partial charge in [-0.1, -0.05) is 12.1 Å². The lowest BCUT2D eigenvalue weighted by Gasteiger charge is -2.12. The number of aromatic nitrogens is 1. The fourth-order valence-corrected chi connectivity index (χ4v) is 1.85. The summed E-state index contributed by atoms with van der Waals surface area (Å²) in [6.45, 7) is 2.27. The van der Waals surface area contributed by atoms with E-state index in [9.17, 15) is 0 Å². The van der Waals surface area contributed by atoms with Crippen LogP contribution in [0.15, 0.2) is 36.5 Å². The zero-order valence-electron chi connectivity index (χ0n) is 11.5. The third kappa shape index (κ3) is 3.06. The van der Waals surface area contributed by atoms with Gasteiger partial charge in [-0.25, -0.2) is 0 Å². The van der Waals surface area contributed by atoms with Crippen LogP contribution in [0.1, 0.15) is 16.8 Å². The van der Waals surface area contributed by atoms with Crippen molar-refractivity contribution in [2.75, 3.05) is 7.11 Å². The molecule has 2 rings (SSSR count). The molecule has 3 N–H and O–H groups in total. The standard InChI is InChI=1S/C15H17N3O2/c1-10-5-6-12(13(8-10)19-2)20-9-11-4-3-7-18-14(11)15(16)17/h3-8H,9H2,1-2H3,(H3,16,17). The molecule has 0 saturated heterocycles. The molecular weight excluding hydrogens is 254 g/mol. The summed E-state index contributed by atoms with van der Waals surface area (Å²) in [6.07, 6.45) is 1.60. The molecule has 5 heteroatoms. The average Bonchev–Trinajstić information content (AvgIpc) is 2.46. The van der Waals surface area contributed by atoms with E-state index in [0.717, 1.165) is 11.1 Å². The van der Waals surface area contributed by atoms with Crippen LogP contribution in [0.5, 0.6) is 11.5 Å². The molecule has 0 unspecified atom stereocenters. The van der Waals surface area contributed by atoms with Gasteiger partial charge in [0, 0.05) is 11.8 Å². The van der Waals surface area contributed by atoms with E-state index in [-0.39, 0.29) is 12.4 Å². The summed E-state index contributed by atoms with van der Waals surface area (Å²) in [6, 6.07) is 9.34. The smallest absolute Gasteiger partial charge is 0.161 e. The van der Waals surface area contributed by atoms with E-state index in [1.54, 1.807) is 19.4 Å². The number of rotatable bonds is 5. The summed E-state index contributed by atoms with van der Waals surface area (Å²) in [4.78, 5) is 4.09. The number of methoxy groups -OCH3 is 1. The average molecular weight is 271 g/mol. The third-order valence-electron chi connectivity index (χ3n) is 2.85. The minimum Gasteiger partial charge on any atom is -0.493 e. The van der Waals surface area contributed by atoms with Crippen molar-refractivity contribution in [1.29, 1.82) is 5.41 Å². The topological polar surface area (TPSA) is 81.2 Å². The summed E-state index contributed by atoms with van der Waals surface area (Å²) in [5, 5.41) is 7.50. The predicted octanol–water partition coefficient (Wildman–Crippen LogP) is 2.26. The normalized spacial score (nSPS) is 10.1. The molecule has 1 aromatic carbocycles. The van der Waals surface area contributed by atoms with Gasteiger partial charge in [0.25, 0.3) is 0 Å². The van der Waals surface area contributed by atoms with Gasteiger partial charge in [-0.3, -0.25) is 10.4 Å². The lowest BCUT2D eigenvalue weighted by Crippen LogP contribution is -2.16. The number of nitrogens with two attached hydrogens (primary N) is 1. The van der Waals surface area contributed by atoms with Gasteiger partial charge in [0.2, 0.25) is 0 Å². The van der Waals surface area contributed by atoms with Crippen LogP contribution in [0.3, 0.4) is 0 Å². The maximum absolute atomic E-state index is 7.50. The van der Waals surface area contributed by atoms with Gasteiger partial charge in [-0.2, -0.15) is 0 Å². The number of nitrogens with zero attached hydrogens (tertiary/aromatic N) is 1. The Morgan fingerprint density at radius 3 is 2.80 bits per heavy atom. The highest BCUT2D eigenvalue weighted by atomic mass is 16.5. The molecular formula is C15H17N3O2. The van der Waals surface area contributed by atoms with Gasteiger partial charge in [-0.05, 0) is 30.7 Å². The van der Waals surface area contributed by atoms with Gasteiger partial charge in [-0.15, -0.1) is 0 Å². The van der Waals surface area contributed by atoms with E-state index >= 15 is 0 Å². The fraction of sp³-hybridized carbons (Fsp3) is 0.200. The van der Waals surface area contributed by atoms with Gasteiger partial charge in [0.15, 0.2) is 11.5 Å². The first kappa shape index (κ1) is 13.9. The number of nitrogen functional groups attached to an aromatic ring is 1. The number of hydrogen-bond acceptors (Lipinski definition) is 4. The first-order valence-corrected chi connectivity index (χ1v) is 6.17. The van der Waals surface area contributed by atoms with E-state index < -0.39 is 0 Å². The Bertz CT molecular complexity index is 626. The zero-order chi connectivity index (χ0) is 14.5. The molecule has 5 nitrogen and oxygen atoms in total. The van der Waals surface area contributed by atoms with Crippen LogP contribution in [0.4, 0.5) is 0 Å². The van der Waals surface area contributed by atoms with Crippen LogP contribution in [-0.2, 0) is 6.61 Å². The summed E-state index contributed by atoms with van der Waals surface area (Å²) >= 11 is 0. The Kier molecular flexibility index (Phi) is 4.20. The van der Waals surface area contributed by atoms with Crippen LogP contribution in [0.25, 0.3) is 0 Å². The molecule has 0 aliphatic carbocycles.